The molecule has 3 rings (SSSR count). The Kier molecular flexibility index (Phi) is 4.59. The van der Waals surface area contributed by atoms with Crippen LogP contribution < -0.4 is 10.6 Å². The third-order valence-electron chi connectivity index (χ3n) is 5.10. The van der Waals surface area contributed by atoms with Gasteiger partial charge >= 0.3 is 0 Å². The molecule has 2 unspecified atom stereocenters. The molecule has 2 atom stereocenters. The van der Waals surface area contributed by atoms with Crippen molar-refractivity contribution in [2.75, 3.05) is 13.1 Å². The molecule has 4 heteroatoms. The van der Waals surface area contributed by atoms with Crippen molar-refractivity contribution in [2.24, 2.45) is 0 Å². The topological polar surface area (TPSA) is 27.3 Å². The van der Waals surface area contributed by atoms with Crippen LogP contribution in [0.1, 0.15) is 57.8 Å². The van der Waals surface area contributed by atoms with Gasteiger partial charge in [0, 0.05) is 24.7 Å². The lowest BCUT2D eigenvalue weighted by Crippen LogP contribution is -2.51. The van der Waals surface area contributed by atoms with Crippen molar-refractivity contribution < 1.29 is 0 Å². The highest BCUT2D eigenvalue weighted by Crippen LogP contribution is 2.26. The molecular weight excluding hydrogens is 254 g/mol. The summed E-state index contributed by atoms with van der Waals surface area (Å²) in [4.78, 5) is 2.66. The zero-order valence-corrected chi connectivity index (χ0v) is 12.7. The van der Waals surface area contributed by atoms with Crippen molar-refractivity contribution in [3.05, 3.63) is 0 Å². The molecular formula is C15H27N3S. The highest BCUT2D eigenvalue weighted by molar-refractivity contribution is 7.80. The summed E-state index contributed by atoms with van der Waals surface area (Å²) >= 11 is 5.50. The SMILES string of the molecule is S=C(NC1CCCCC1)NC1CCN2CCCC2C1. The maximum Gasteiger partial charge on any atom is 0.166 e. The summed E-state index contributed by atoms with van der Waals surface area (Å²) in [6.45, 7) is 2.58. The summed E-state index contributed by atoms with van der Waals surface area (Å²) in [5.41, 5.74) is 0. The van der Waals surface area contributed by atoms with Crippen LogP contribution in [0.2, 0.25) is 0 Å². The van der Waals surface area contributed by atoms with E-state index in [4.69, 9.17) is 12.2 Å². The van der Waals surface area contributed by atoms with Gasteiger partial charge in [-0.05, 0) is 57.3 Å². The minimum atomic E-state index is 0.600. The third kappa shape index (κ3) is 3.60. The maximum absolute atomic E-state index is 5.50. The average molecular weight is 281 g/mol. The van der Waals surface area contributed by atoms with E-state index in [1.165, 1.54) is 70.9 Å². The number of thiocarbonyl (C=S) groups is 1. The van der Waals surface area contributed by atoms with Crippen molar-refractivity contribution in [3.8, 4) is 0 Å². The van der Waals surface area contributed by atoms with Gasteiger partial charge in [0.1, 0.15) is 0 Å². The molecule has 0 radical (unpaired) electrons. The first kappa shape index (κ1) is 13.6. The number of piperidine rings is 1. The molecule has 2 aliphatic heterocycles. The maximum atomic E-state index is 5.50. The van der Waals surface area contributed by atoms with E-state index in [0.717, 1.165) is 11.2 Å². The van der Waals surface area contributed by atoms with Gasteiger partial charge in [0.2, 0.25) is 0 Å². The molecule has 3 nitrogen and oxygen atoms in total. The second kappa shape index (κ2) is 6.40. The Morgan fingerprint density at radius 3 is 2.47 bits per heavy atom. The Balaban J connectivity index is 1.41. The van der Waals surface area contributed by atoms with E-state index in [2.05, 4.69) is 15.5 Å². The van der Waals surface area contributed by atoms with Crippen LogP contribution in [0, 0.1) is 0 Å². The fourth-order valence-corrected chi connectivity index (χ4v) is 4.35. The fraction of sp³-hybridized carbons (Fsp3) is 0.933. The molecule has 3 aliphatic rings. The smallest absolute Gasteiger partial charge is 0.166 e. The summed E-state index contributed by atoms with van der Waals surface area (Å²) in [6.07, 6.45) is 12.0. The first-order valence-corrected chi connectivity index (χ1v) is 8.53. The van der Waals surface area contributed by atoms with Gasteiger partial charge in [-0.2, -0.15) is 0 Å². The van der Waals surface area contributed by atoms with E-state index in [1.807, 2.05) is 0 Å². The molecule has 0 aromatic carbocycles. The highest BCUT2D eigenvalue weighted by atomic mass is 32.1. The molecule has 0 amide bonds. The number of hydrogen-bond acceptors (Lipinski definition) is 2. The van der Waals surface area contributed by atoms with Crippen LogP contribution in [0.5, 0.6) is 0 Å². The Morgan fingerprint density at radius 1 is 0.842 bits per heavy atom. The summed E-state index contributed by atoms with van der Waals surface area (Å²) in [5.74, 6) is 0. The van der Waals surface area contributed by atoms with E-state index in [9.17, 15) is 0 Å². The molecule has 3 fully saturated rings. The van der Waals surface area contributed by atoms with Crippen molar-refractivity contribution >= 4 is 17.3 Å². The lowest BCUT2D eigenvalue weighted by molar-refractivity contribution is 0.175. The first-order valence-electron chi connectivity index (χ1n) is 8.12. The van der Waals surface area contributed by atoms with Crippen LogP contribution in [-0.2, 0) is 0 Å². The Bertz CT molecular complexity index is 315. The summed E-state index contributed by atoms with van der Waals surface area (Å²) in [5, 5.41) is 8.01. The van der Waals surface area contributed by atoms with Crippen molar-refractivity contribution in [1.29, 1.82) is 0 Å². The normalized spacial score (nSPS) is 32.8. The second-order valence-electron chi connectivity index (χ2n) is 6.51. The van der Waals surface area contributed by atoms with E-state index in [0.29, 0.717) is 12.1 Å². The van der Waals surface area contributed by atoms with Gasteiger partial charge in [0.05, 0.1) is 0 Å². The van der Waals surface area contributed by atoms with E-state index in [-0.39, 0.29) is 0 Å². The number of nitrogens with zero attached hydrogens (tertiary/aromatic N) is 1. The molecule has 108 valence electrons. The van der Waals surface area contributed by atoms with Gasteiger partial charge in [0.15, 0.2) is 5.11 Å². The molecule has 1 aliphatic carbocycles. The van der Waals surface area contributed by atoms with Crippen molar-refractivity contribution in [2.45, 2.75) is 75.9 Å². The largest absolute Gasteiger partial charge is 0.360 e. The summed E-state index contributed by atoms with van der Waals surface area (Å²) < 4.78 is 0. The zero-order chi connectivity index (χ0) is 13.1. The van der Waals surface area contributed by atoms with Gasteiger partial charge in [-0.3, -0.25) is 0 Å². The highest BCUT2D eigenvalue weighted by Gasteiger charge is 2.31. The third-order valence-corrected chi connectivity index (χ3v) is 5.33. The minimum absolute atomic E-state index is 0.600. The first-order chi connectivity index (χ1) is 9.31. The van der Waals surface area contributed by atoms with E-state index in [1.54, 1.807) is 0 Å². The second-order valence-corrected chi connectivity index (χ2v) is 6.91. The predicted molar refractivity (Wildman–Crippen MR) is 83.4 cm³/mol. The molecule has 0 aromatic rings. The van der Waals surface area contributed by atoms with Crippen LogP contribution in [0.15, 0.2) is 0 Å². The van der Waals surface area contributed by atoms with Crippen LogP contribution in [0.25, 0.3) is 0 Å². The van der Waals surface area contributed by atoms with Crippen LogP contribution in [0.4, 0.5) is 0 Å². The molecule has 2 N–H and O–H groups in total. The van der Waals surface area contributed by atoms with E-state index >= 15 is 0 Å². The lowest BCUT2D eigenvalue weighted by atomic mass is 9.95. The molecule has 0 spiro atoms. The quantitative estimate of drug-likeness (QED) is 0.760. The van der Waals surface area contributed by atoms with Gasteiger partial charge in [-0.25, -0.2) is 0 Å². The zero-order valence-electron chi connectivity index (χ0n) is 11.9. The van der Waals surface area contributed by atoms with Crippen molar-refractivity contribution in [1.82, 2.24) is 15.5 Å². The molecule has 0 aromatic heterocycles. The molecule has 2 saturated heterocycles. The van der Waals surface area contributed by atoms with Crippen LogP contribution in [-0.4, -0.2) is 41.2 Å². The monoisotopic (exact) mass is 281 g/mol. The van der Waals surface area contributed by atoms with Gasteiger partial charge < -0.3 is 15.5 Å². The van der Waals surface area contributed by atoms with Crippen molar-refractivity contribution in [3.63, 3.8) is 0 Å². The number of hydrogen-bond donors (Lipinski definition) is 2. The predicted octanol–water partition coefficient (Wildman–Crippen LogP) is 2.41. The standard InChI is InChI=1S/C15H27N3S/c19-15(16-12-5-2-1-3-6-12)17-13-8-10-18-9-4-7-14(18)11-13/h12-14H,1-11H2,(H2,16,17,19). The number of nitrogens with one attached hydrogen (secondary N) is 2. The minimum Gasteiger partial charge on any atom is -0.360 e. The Hall–Kier alpha value is -0.350. The summed E-state index contributed by atoms with van der Waals surface area (Å²) in [7, 11) is 0. The van der Waals surface area contributed by atoms with Crippen LogP contribution >= 0.6 is 12.2 Å². The van der Waals surface area contributed by atoms with Gasteiger partial charge in [0.25, 0.3) is 0 Å². The molecule has 1 saturated carbocycles. The molecule has 2 heterocycles. The number of rotatable bonds is 2. The lowest BCUT2D eigenvalue weighted by Gasteiger charge is -2.36. The fourth-order valence-electron chi connectivity index (χ4n) is 4.01. The Labute approximate surface area is 122 Å². The van der Waals surface area contributed by atoms with Gasteiger partial charge in [-0.1, -0.05) is 19.3 Å². The average Bonchev–Trinajstić information content (AvgIpc) is 2.87. The number of fused-ring (bicyclic) bond motifs is 1. The Morgan fingerprint density at radius 2 is 1.63 bits per heavy atom. The summed E-state index contributed by atoms with van der Waals surface area (Å²) in [6, 6.07) is 2.05. The van der Waals surface area contributed by atoms with Crippen LogP contribution in [0.3, 0.4) is 0 Å². The molecule has 19 heavy (non-hydrogen) atoms. The molecule has 0 bridgehead atoms. The van der Waals surface area contributed by atoms with E-state index < -0.39 is 0 Å². The van der Waals surface area contributed by atoms with Gasteiger partial charge in [-0.15, -0.1) is 0 Å².